The van der Waals surface area contributed by atoms with Gasteiger partial charge in [0.25, 0.3) is 0 Å². The molecule has 1 aromatic rings. The molecule has 94 valence electrons. The first-order valence-electron chi connectivity index (χ1n) is 5.77. The normalized spacial score (nSPS) is 21.5. The van der Waals surface area contributed by atoms with Crippen LogP contribution < -0.4 is 4.74 Å². The number of hydrogen-bond donors (Lipinski definition) is 1. The molecule has 1 N–H and O–H groups in total. The maximum Gasteiger partial charge on any atom is 0.125 e. The molecule has 1 heterocycles. The van der Waals surface area contributed by atoms with Gasteiger partial charge in [0.1, 0.15) is 11.9 Å². The van der Waals surface area contributed by atoms with Gasteiger partial charge in [0.05, 0.1) is 13.2 Å². The molecule has 1 saturated heterocycles. The maximum atomic E-state index is 10.3. The number of ether oxygens (including phenoxy) is 2. The second kappa shape index (κ2) is 5.38. The molecule has 0 bridgehead atoms. The fourth-order valence-corrected chi connectivity index (χ4v) is 2.49. The quantitative estimate of drug-likeness (QED) is 0.933. The van der Waals surface area contributed by atoms with Crippen molar-refractivity contribution in [2.75, 3.05) is 13.7 Å². The Balaban J connectivity index is 2.32. The van der Waals surface area contributed by atoms with Crippen molar-refractivity contribution in [1.29, 1.82) is 0 Å². The molecule has 2 atom stereocenters. The number of aliphatic hydroxyl groups excluding tert-OH is 1. The van der Waals surface area contributed by atoms with E-state index in [4.69, 9.17) is 9.47 Å². The highest BCUT2D eigenvalue weighted by atomic mass is 79.9. The maximum absolute atomic E-state index is 10.3. The average molecular weight is 301 g/mol. The molecule has 3 nitrogen and oxygen atoms in total. The van der Waals surface area contributed by atoms with Crippen molar-refractivity contribution < 1.29 is 14.6 Å². The Morgan fingerprint density at radius 2 is 2.29 bits per heavy atom. The van der Waals surface area contributed by atoms with E-state index in [1.807, 2.05) is 19.1 Å². The molecule has 0 aromatic heterocycles. The third-order valence-electron chi connectivity index (χ3n) is 3.15. The zero-order valence-corrected chi connectivity index (χ0v) is 11.7. The Morgan fingerprint density at radius 1 is 1.53 bits per heavy atom. The molecule has 1 fully saturated rings. The first kappa shape index (κ1) is 12.9. The van der Waals surface area contributed by atoms with Gasteiger partial charge in [-0.05, 0) is 37.5 Å². The van der Waals surface area contributed by atoms with Crippen molar-refractivity contribution in [2.24, 2.45) is 0 Å². The smallest absolute Gasteiger partial charge is 0.125 e. The van der Waals surface area contributed by atoms with Gasteiger partial charge in [-0.3, -0.25) is 0 Å². The molecule has 17 heavy (non-hydrogen) atoms. The minimum Gasteiger partial charge on any atom is -0.496 e. The molecule has 2 unspecified atom stereocenters. The van der Waals surface area contributed by atoms with Crippen LogP contribution in [0.3, 0.4) is 0 Å². The fraction of sp³-hybridized carbons (Fsp3) is 0.538. The minimum absolute atomic E-state index is 0.112. The second-order valence-electron chi connectivity index (χ2n) is 4.34. The molecule has 0 spiro atoms. The van der Waals surface area contributed by atoms with E-state index in [1.54, 1.807) is 7.11 Å². The third kappa shape index (κ3) is 2.64. The number of methoxy groups -OCH3 is 1. The summed E-state index contributed by atoms with van der Waals surface area (Å²) in [6, 6.07) is 3.85. The number of rotatable bonds is 3. The standard InChI is InChI=1S/C13H17BrO3/c1-8-6-12(16-2)9(7-10(8)14)13(15)11-4-3-5-17-11/h6-7,11,13,15H,3-5H2,1-2H3. The second-order valence-corrected chi connectivity index (χ2v) is 5.19. The van der Waals surface area contributed by atoms with Crippen LogP contribution in [0.2, 0.25) is 0 Å². The molecule has 0 radical (unpaired) electrons. The van der Waals surface area contributed by atoms with E-state index in [0.29, 0.717) is 5.75 Å². The van der Waals surface area contributed by atoms with Gasteiger partial charge in [-0.2, -0.15) is 0 Å². The number of aryl methyl sites for hydroxylation is 1. The highest BCUT2D eigenvalue weighted by Crippen LogP contribution is 2.35. The molecule has 2 rings (SSSR count). The van der Waals surface area contributed by atoms with Gasteiger partial charge in [-0.15, -0.1) is 0 Å². The van der Waals surface area contributed by atoms with E-state index in [0.717, 1.165) is 35.0 Å². The monoisotopic (exact) mass is 300 g/mol. The SMILES string of the molecule is COc1cc(C)c(Br)cc1C(O)C1CCCO1. The Kier molecular flexibility index (Phi) is 4.07. The Bertz CT molecular complexity index is 400. The Morgan fingerprint density at radius 3 is 2.88 bits per heavy atom. The number of aliphatic hydroxyl groups is 1. The van der Waals surface area contributed by atoms with E-state index in [2.05, 4.69) is 15.9 Å². The summed E-state index contributed by atoms with van der Waals surface area (Å²) in [7, 11) is 1.62. The Labute approximate surface area is 110 Å². The lowest BCUT2D eigenvalue weighted by Gasteiger charge is -2.21. The van der Waals surface area contributed by atoms with Crippen molar-refractivity contribution >= 4 is 15.9 Å². The summed E-state index contributed by atoms with van der Waals surface area (Å²) in [6.07, 6.45) is 1.18. The van der Waals surface area contributed by atoms with Crippen LogP contribution in [0, 0.1) is 6.92 Å². The van der Waals surface area contributed by atoms with Crippen molar-refractivity contribution in [3.05, 3.63) is 27.7 Å². The lowest BCUT2D eigenvalue weighted by molar-refractivity contribution is -0.00366. The number of benzene rings is 1. The Hall–Kier alpha value is -0.580. The largest absolute Gasteiger partial charge is 0.496 e. The molecule has 1 aromatic carbocycles. The van der Waals surface area contributed by atoms with Crippen LogP contribution in [-0.4, -0.2) is 24.9 Å². The summed E-state index contributed by atoms with van der Waals surface area (Å²) in [5, 5.41) is 10.3. The van der Waals surface area contributed by atoms with Crippen molar-refractivity contribution in [3.63, 3.8) is 0 Å². The van der Waals surface area contributed by atoms with Gasteiger partial charge >= 0.3 is 0 Å². The predicted molar refractivity (Wildman–Crippen MR) is 69.4 cm³/mol. The summed E-state index contributed by atoms with van der Waals surface area (Å²) in [6.45, 7) is 2.73. The van der Waals surface area contributed by atoms with Gasteiger partial charge in [0.15, 0.2) is 0 Å². The highest BCUT2D eigenvalue weighted by molar-refractivity contribution is 9.10. The molecule has 0 amide bonds. The van der Waals surface area contributed by atoms with Crippen LogP contribution in [0.25, 0.3) is 0 Å². The third-order valence-corrected chi connectivity index (χ3v) is 4.00. The zero-order chi connectivity index (χ0) is 12.4. The van der Waals surface area contributed by atoms with Crippen LogP contribution in [0.15, 0.2) is 16.6 Å². The number of hydrogen-bond acceptors (Lipinski definition) is 3. The topological polar surface area (TPSA) is 38.7 Å². The number of halogens is 1. The lowest BCUT2D eigenvalue weighted by Crippen LogP contribution is -2.18. The lowest BCUT2D eigenvalue weighted by atomic mass is 10.00. The minimum atomic E-state index is -0.621. The van der Waals surface area contributed by atoms with Crippen LogP contribution in [0.4, 0.5) is 0 Å². The zero-order valence-electron chi connectivity index (χ0n) is 10.1. The first-order chi connectivity index (χ1) is 8.13. The summed E-state index contributed by atoms with van der Waals surface area (Å²) in [4.78, 5) is 0. The molecule has 1 aliphatic heterocycles. The van der Waals surface area contributed by atoms with Crippen LogP contribution in [0.1, 0.15) is 30.1 Å². The van der Waals surface area contributed by atoms with Gasteiger partial charge in [0, 0.05) is 16.6 Å². The van der Waals surface area contributed by atoms with E-state index in [9.17, 15) is 5.11 Å². The van der Waals surface area contributed by atoms with Gasteiger partial charge in [-0.25, -0.2) is 0 Å². The molecule has 0 saturated carbocycles. The summed E-state index contributed by atoms with van der Waals surface area (Å²) >= 11 is 3.48. The van der Waals surface area contributed by atoms with Crippen LogP contribution >= 0.6 is 15.9 Å². The van der Waals surface area contributed by atoms with Gasteiger partial charge < -0.3 is 14.6 Å². The van der Waals surface area contributed by atoms with Crippen LogP contribution in [0.5, 0.6) is 5.75 Å². The first-order valence-corrected chi connectivity index (χ1v) is 6.56. The molecular formula is C13H17BrO3. The summed E-state index contributed by atoms with van der Waals surface area (Å²) in [5.74, 6) is 0.716. The molecule has 4 heteroatoms. The molecule has 0 aliphatic carbocycles. The van der Waals surface area contributed by atoms with Crippen molar-refractivity contribution in [2.45, 2.75) is 32.0 Å². The average Bonchev–Trinajstić information content (AvgIpc) is 2.84. The predicted octanol–water partition coefficient (Wildman–Crippen LogP) is 2.98. The summed E-state index contributed by atoms with van der Waals surface area (Å²) in [5.41, 5.74) is 1.88. The van der Waals surface area contributed by atoms with Crippen LogP contribution in [-0.2, 0) is 4.74 Å². The van der Waals surface area contributed by atoms with Gasteiger partial charge in [0.2, 0.25) is 0 Å². The van der Waals surface area contributed by atoms with Gasteiger partial charge in [-0.1, -0.05) is 15.9 Å². The van der Waals surface area contributed by atoms with E-state index >= 15 is 0 Å². The van der Waals surface area contributed by atoms with Crippen molar-refractivity contribution in [1.82, 2.24) is 0 Å². The van der Waals surface area contributed by atoms with E-state index in [1.165, 1.54) is 0 Å². The van der Waals surface area contributed by atoms with Crippen molar-refractivity contribution in [3.8, 4) is 5.75 Å². The van der Waals surface area contributed by atoms with E-state index < -0.39 is 6.10 Å². The molecule has 1 aliphatic rings. The van der Waals surface area contributed by atoms with E-state index in [-0.39, 0.29) is 6.10 Å². The fourth-order valence-electron chi connectivity index (χ4n) is 2.13. The molecular weight excluding hydrogens is 284 g/mol. The summed E-state index contributed by atoms with van der Waals surface area (Å²) < 4.78 is 11.8. The highest BCUT2D eigenvalue weighted by Gasteiger charge is 2.28.